The first-order valence-corrected chi connectivity index (χ1v) is 6.45. The standard InChI is InChI=1S/C12H10BrNOS/c1-8-6-7-16-11(8)12(15)14-10-4-2-9(13)3-5-10/h2-7H,1H3,(H,14,15). The van der Waals surface area contributed by atoms with Gasteiger partial charge < -0.3 is 5.32 Å². The van der Waals surface area contributed by atoms with Gasteiger partial charge >= 0.3 is 0 Å². The fraction of sp³-hybridized carbons (Fsp3) is 0.0833. The van der Waals surface area contributed by atoms with Crippen LogP contribution in [0, 0.1) is 6.92 Å². The monoisotopic (exact) mass is 295 g/mol. The van der Waals surface area contributed by atoms with Gasteiger partial charge in [-0.2, -0.15) is 0 Å². The molecule has 2 nitrogen and oxygen atoms in total. The number of hydrogen-bond acceptors (Lipinski definition) is 2. The van der Waals surface area contributed by atoms with E-state index in [0.29, 0.717) is 0 Å². The minimum absolute atomic E-state index is 0.0465. The van der Waals surface area contributed by atoms with Gasteiger partial charge in [0.15, 0.2) is 0 Å². The van der Waals surface area contributed by atoms with Gasteiger partial charge in [-0.05, 0) is 48.2 Å². The summed E-state index contributed by atoms with van der Waals surface area (Å²) < 4.78 is 0.998. The third-order valence-electron chi connectivity index (χ3n) is 2.17. The molecular weight excluding hydrogens is 286 g/mol. The fourth-order valence-corrected chi connectivity index (χ4v) is 2.41. The van der Waals surface area contributed by atoms with Crippen LogP contribution >= 0.6 is 27.3 Å². The highest BCUT2D eigenvalue weighted by Gasteiger charge is 2.10. The molecule has 16 heavy (non-hydrogen) atoms. The predicted molar refractivity (Wildman–Crippen MR) is 71.2 cm³/mol. The van der Waals surface area contributed by atoms with Crippen LogP contribution < -0.4 is 5.32 Å². The summed E-state index contributed by atoms with van der Waals surface area (Å²) in [5, 5.41) is 4.79. The second-order valence-corrected chi connectivity index (χ2v) is 5.23. The van der Waals surface area contributed by atoms with Gasteiger partial charge in [0.25, 0.3) is 5.91 Å². The highest BCUT2D eigenvalue weighted by molar-refractivity contribution is 9.10. The number of rotatable bonds is 2. The van der Waals surface area contributed by atoms with E-state index in [1.54, 1.807) is 0 Å². The van der Waals surface area contributed by atoms with Crippen molar-refractivity contribution in [2.24, 2.45) is 0 Å². The molecule has 2 aromatic rings. The predicted octanol–water partition coefficient (Wildman–Crippen LogP) is 4.07. The number of aryl methyl sites for hydroxylation is 1. The molecule has 0 aliphatic carbocycles. The Morgan fingerprint density at radius 1 is 1.25 bits per heavy atom. The van der Waals surface area contributed by atoms with Crippen LogP contribution in [0.5, 0.6) is 0 Å². The van der Waals surface area contributed by atoms with E-state index in [-0.39, 0.29) is 5.91 Å². The van der Waals surface area contributed by atoms with E-state index in [2.05, 4.69) is 21.2 Å². The van der Waals surface area contributed by atoms with Crippen LogP contribution in [0.4, 0.5) is 5.69 Å². The van der Waals surface area contributed by atoms with E-state index < -0.39 is 0 Å². The summed E-state index contributed by atoms with van der Waals surface area (Å²) >= 11 is 4.81. The molecule has 0 atom stereocenters. The lowest BCUT2D eigenvalue weighted by Gasteiger charge is -2.04. The van der Waals surface area contributed by atoms with Gasteiger partial charge in [0.2, 0.25) is 0 Å². The van der Waals surface area contributed by atoms with Gasteiger partial charge in [-0.25, -0.2) is 0 Å². The zero-order chi connectivity index (χ0) is 11.5. The highest BCUT2D eigenvalue weighted by Crippen LogP contribution is 2.19. The van der Waals surface area contributed by atoms with Crippen molar-refractivity contribution in [1.82, 2.24) is 0 Å². The number of amides is 1. The lowest BCUT2D eigenvalue weighted by molar-refractivity contribution is 0.103. The van der Waals surface area contributed by atoms with Crippen LogP contribution in [0.25, 0.3) is 0 Å². The van der Waals surface area contributed by atoms with E-state index in [9.17, 15) is 4.79 Å². The first-order valence-electron chi connectivity index (χ1n) is 4.78. The van der Waals surface area contributed by atoms with Gasteiger partial charge in [0, 0.05) is 10.2 Å². The van der Waals surface area contributed by atoms with Crippen molar-refractivity contribution in [2.45, 2.75) is 6.92 Å². The lowest BCUT2D eigenvalue weighted by atomic mass is 10.2. The fourth-order valence-electron chi connectivity index (χ4n) is 1.33. The Balaban J connectivity index is 2.14. The molecule has 1 heterocycles. The second-order valence-electron chi connectivity index (χ2n) is 3.39. The number of nitrogens with one attached hydrogen (secondary N) is 1. The largest absolute Gasteiger partial charge is 0.321 e. The van der Waals surface area contributed by atoms with Gasteiger partial charge in [0.1, 0.15) is 0 Å². The van der Waals surface area contributed by atoms with Crippen molar-refractivity contribution in [2.75, 3.05) is 5.32 Å². The van der Waals surface area contributed by atoms with Crippen molar-refractivity contribution in [1.29, 1.82) is 0 Å². The normalized spacial score (nSPS) is 10.1. The Morgan fingerprint density at radius 3 is 2.50 bits per heavy atom. The molecule has 1 aromatic carbocycles. The summed E-state index contributed by atoms with van der Waals surface area (Å²) in [5.41, 5.74) is 1.82. The maximum atomic E-state index is 11.9. The number of halogens is 1. The van der Waals surface area contributed by atoms with Crippen molar-refractivity contribution in [3.8, 4) is 0 Å². The molecule has 0 aliphatic heterocycles. The number of hydrogen-bond donors (Lipinski definition) is 1. The van der Waals surface area contributed by atoms with Crippen molar-refractivity contribution in [3.63, 3.8) is 0 Å². The summed E-state index contributed by atoms with van der Waals surface area (Å²) in [5.74, 6) is -0.0465. The van der Waals surface area contributed by atoms with E-state index in [1.807, 2.05) is 42.6 Å². The average molecular weight is 296 g/mol. The Hall–Kier alpha value is -1.13. The van der Waals surface area contributed by atoms with E-state index in [0.717, 1.165) is 20.6 Å². The summed E-state index contributed by atoms with van der Waals surface area (Å²) in [7, 11) is 0. The third-order valence-corrected chi connectivity index (χ3v) is 3.71. The maximum absolute atomic E-state index is 11.9. The molecule has 1 amide bonds. The average Bonchev–Trinajstić information content (AvgIpc) is 2.68. The molecule has 4 heteroatoms. The van der Waals surface area contributed by atoms with Gasteiger partial charge in [-0.15, -0.1) is 11.3 Å². The smallest absolute Gasteiger partial charge is 0.265 e. The summed E-state index contributed by atoms with van der Waals surface area (Å²) in [6.45, 7) is 1.94. The molecule has 0 spiro atoms. The molecule has 0 saturated carbocycles. The Kier molecular flexibility index (Phi) is 3.41. The van der Waals surface area contributed by atoms with Gasteiger partial charge in [-0.1, -0.05) is 15.9 Å². The van der Waals surface area contributed by atoms with E-state index in [4.69, 9.17) is 0 Å². The minimum atomic E-state index is -0.0465. The quantitative estimate of drug-likeness (QED) is 0.889. The topological polar surface area (TPSA) is 29.1 Å². The molecular formula is C12H10BrNOS. The van der Waals surface area contributed by atoms with Crippen LogP contribution in [0.15, 0.2) is 40.2 Å². The molecule has 0 aliphatic rings. The molecule has 0 bridgehead atoms. The first kappa shape index (κ1) is 11.4. The lowest BCUT2D eigenvalue weighted by Crippen LogP contribution is -2.11. The zero-order valence-corrected chi connectivity index (χ0v) is 11.1. The van der Waals surface area contributed by atoms with Crippen LogP contribution in [0.1, 0.15) is 15.2 Å². The molecule has 2 rings (SSSR count). The number of anilines is 1. The van der Waals surface area contributed by atoms with Crippen molar-refractivity contribution < 1.29 is 4.79 Å². The van der Waals surface area contributed by atoms with Crippen LogP contribution in [-0.2, 0) is 0 Å². The van der Waals surface area contributed by atoms with Crippen LogP contribution in [-0.4, -0.2) is 5.91 Å². The number of carbonyl (C=O) groups excluding carboxylic acids is 1. The number of benzene rings is 1. The highest BCUT2D eigenvalue weighted by atomic mass is 79.9. The minimum Gasteiger partial charge on any atom is -0.321 e. The SMILES string of the molecule is Cc1ccsc1C(=O)Nc1ccc(Br)cc1. The molecule has 1 N–H and O–H groups in total. The molecule has 82 valence electrons. The maximum Gasteiger partial charge on any atom is 0.265 e. The first-order chi connectivity index (χ1) is 7.66. The Bertz CT molecular complexity index is 504. The molecule has 0 unspecified atom stereocenters. The number of thiophene rings is 1. The Labute approximate surface area is 106 Å². The van der Waals surface area contributed by atoms with Crippen molar-refractivity contribution in [3.05, 3.63) is 50.6 Å². The summed E-state index contributed by atoms with van der Waals surface area (Å²) in [6, 6.07) is 9.48. The molecule has 0 radical (unpaired) electrons. The summed E-state index contributed by atoms with van der Waals surface area (Å²) in [4.78, 5) is 12.6. The van der Waals surface area contributed by atoms with Gasteiger partial charge in [-0.3, -0.25) is 4.79 Å². The molecule has 1 aromatic heterocycles. The third kappa shape index (κ3) is 2.51. The van der Waals surface area contributed by atoms with E-state index >= 15 is 0 Å². The molecule has 0 fully saturated rings. The van der Waals surface area contributed by atoms with Crippen molar-refractivity contribution >= 4 is 38.9 Å². The second kappa shape index (κ2) is 4.80. The number of carbonyl (C=O) groups is 1. The van der Waals surface area contributed by atoms with Gasteiger partial charge in [0.05, 0.1) is 4.88 Å². The van der Waals surface area contributed by atoms with E-state index in [1.165, 1.54) is 11.3 Å². The molecule has 0 saturated heterocycles. The van der Waals surface area contributed by atoms with Crippen LogP contribution in [0.2, 0.25) is 0 Å². The summed E-state index contributed by atoms with van der Waals surface area (Å²) in [6.07, 6.45) is 0. The zero-order valence-electron chi connectivity index (χ0n) is 8.66. The van der Waals surface area contributed by atoms with Crippen LogP contribution in [0.3, 0.4) is 0 Å². The Morgan fingerprint density at radius 2 is 1.94 bits per heavy atom.